The number of nitrogens with zero attached hydrogens (tertiary/aromatic N) is 4. The van der Waals surface area contributed by atoms with Gasteiger partial charge in [0.1, 0.15) is 23.8 Å². The molecule has 2 heterocycles. The number of phenols is 1. The molecule has 0 aromatic heterocycles. The topological polar surface area (TPSA) is 96.4 Å². The maximum Gasteiger partial charge on any atom is 0.334 e. The van der Waals surface area contributed by atoms with Gasteiger partial charge in [-0.3, -0.25) is 9.59 Å². The molecule has 2 atom stereocenters. The Bertz CT molecular complexity index is 1390. The average molecular weight is 592 g/mol. The number of hydrazine groups is 1. The van der Waals surface area contributed by atoms with Crippen molar-refractivity contribution in [3.05, 3.63) is 101 Å². The summed E-state index contributed by atoms with van der Waals surface area (Å²) in [5.41, 5.74) is 2.73. The molecule has 3 aromatic carbocycles. The number of carbonyl (C=O) groups excluding carboxylic acids is 3. The first kappa shape index (κ1) is 29.4. The molecule has 3 aromatic rings. The van der Waals surface area contributed by atoms with E-state index in [1.54, 1.807) is 70.0 Å². The van der Waals surface area contributed by atoms with Crippen LogP contribution >= 0.6 is 11.8 Å². The van der Waals surface area contributed by atoms with Gasteiger partial charge in [-0.2, -0.15) is 11.8 Å². The quantitative estimate of drug-likeness (QED) is 0.370. The van der Waals surface area contributed by atoms with Crippen molar-refractivity contribution < 1.29 is 23.9 Å². The lowest BCUT2D eigenvalue weighted by atomic mass is 9.99. The highest BCUT2D eigenvalue weighted by atomic mass is 32.2. The van der Waals surface area contributed by atoms with Gasteiger partial charge in [-0.25, -0.2) is 19.2 Å². The van der Waals surface area contributed by atoms with Crippen LogP contribution < -0.4 is 5.32 Å². The molecule has 4 amide bonds. The largest absolute Gasteiger partial charge is 0.508 e. The van der Waals surface area contributed by atoms with Crippen molar-refractivity contribution in [3.8, 4) is 5.75 Å². The van der Waals surface area contributed by atoms with Crippen molar-refractivity contribution in [1.29, 1.82) is 0 Å². The highest BCUT2D eigenvalue weighted by molar-refractivity contribution is 7.98. The minimum Gasteiger partial charge on any atom is -0.508 e. The van der Waals surface area contributed by atoms with Gasteiger partial charge in [0, 0.05) is 38.1 Å². The lowest BCUT2D eigenvalue weighted by Crippen LogP contribution is -2.76. The van der Waals surface area contributed by atoms with Gasteiger partial charge in [0.05, 0.1) is 13.1 Å². The van der Waals surface area contributed by atoms with Crippen LogP contribution in [-0.4, -0.2) is 87.4 Å². The summed E-state index contributed by atoms with van der Waals surface area (Å²) in [4.78, 5) is 44.1. The number of likely N-dealkylation sites (N-methyl/N-ethyl adjacent to an activating group) is 1. The fourth-order valence-corrected chi connectivity index (χ4v) is 6.28. The van der Waals surface area contributed by atoms with E-state index >= 15 is 0 Å². The van der Waals surface area contributed by atoms with Crippen molar-refractivity contribution in [2.24, 2.45) is 0 Å². The van der Waals surface area contributed by atoms with E-state index in [0.717, 1.165) is 16.9 Å². The number of fused-ring (bicyclic) bond motifs is 1. The number of nitrogens with one attached hydrogen (secondary N) is 1. The van der Waals surface area contributed by atoms with Gasteiger partial charge >= 0.3 is 6.03 Å². The Morgan fingerprint density at radius 3 is 2.38 bits per heavy atom. The molecule has 220 valence electrons. The van der Waals surface area contributed by atoms with Crippen LogP contribution in [0.1, 0.15) is 16.7 Å². The molecule has 0 bridgehead atoms. The Labute approximate surface area is 248 Å². The second kappa shape index (κ2) is 13.3. The normalized spacial score (nSPS) is 19.1. The summed E-state index contributed by atoms with van der Waals surface area (Å²) < 4.78 is 13.3. The fraction of sp³-hybridized carbons (Fsp3) is 0.323. The minimum atomic E-state index is -0.805. The number of rotatable bonds is 9. The fourth-order valence-electron chi connectivity index (χ4n) is 5.36. The number of piperazine rings is 1. The molecular weight excluding hydrogens is 557 g/mol. The van der Waals surface area contributed by atoms with Gasteiger partial charge in [-0.05, 0) is 41.0 Å². The maximum atomic E-state index is 13.9. The average Bonchev–Trinajstić information content (AvgIpc) is 2.98. The second-order valence-corrected chi connectivity index (χ2v) is 11.5. The Morgan fingerprint density at radius 1 is 0.976 bits per heavy atom. The van der Waals surface area contributed by atoms with Crippen LogP contribution in [0.4, 0.5) is 9.18 Å². The molecule has 0 spiro atoms. The summed E-state index contributed by atoms with van der Waals surface area (Å²) in [5.74, 6) is 0.866. The Hall–Kier alpha value is -4.09. The molecule has 5 rings (SSSR count). The molecule has 2 saturated heterocycles. The van der Waals surface area contributed by atoms with Crippen LogP contribution in [0.3, 0.4) is 0 Å². The molecule has 0 unspecified atom stereocenters. The first-order valence-corrected chi connectivity index (χ1v) is 15.0. The molecule has 2 aliphatic rings. The predicted octanol–water partition coefficient (Wildman–Crippen LogP) is 3.44. The van der Waals surface area contributed by atoms with E-state index < -0.39 is 18.2 Å². The highest BCUT2D eigenvalue weighted by Gasteiger charge is 2.50. The van der Waals surface area contributed by atoms with E-state index in [-0.39, 0.29) is 49.4 Å². The van der Waals surface area contributed by atoms with Gasteiger partial charge < -0.3 is 20.2 Å². The van der Waals surface area contributed by atoms with E-state index in [1.165, 1.54) is 22.7 Å². The van der Waals surface area contributed by atoms with Gasteiger partial charge in [0.25, 0.3) is 0 Å². The third-order valence-corrected chi connectivity index (χ3v) is 8.50. The van der Waals surface area contributed by atoms with Crippen LogP contribution in [0, 0.1) is 5.82 Å². The maximum absolute atomic E-state index is 13.9. The zero-order chi connectivity index (χ0) is 29.6. The Kier molecular flexibility index (Phi) is 9.28. The number of carbonyl (C=O) groups is 3. The SMILES string of the molecule is CN1CC(=O)N2[C@@H](Cc3ccc(O)cc3)C(=O)N(CCSCc3ccccc3)C[C@@H]2N1C(=O)NCc1ccc(F)cc1. The van der Waals surface area contributed by atoms with E-state index in [9.17, 15) is 23.9 Å². The number of hydrogen-bond acceptors (Lipinski definition) is 6. The predicted molar refractivity (Wildman–Crippen MR) is 159 cm³/mol. The van der Waals surface area contributed by atoms with Crippen LogP contribution in [0.25, 0.3) is 0 Å². The number of phenolic OH excluding ortho intramolecular Hbond substituents is 1. The zero-order valence-electron chi connectivity index (χ0n) is 23.4. The Balaban J connectivity index is 1.35. The zero-order valence-corrected chi connectivity index (χ0v) is 24.2. The number of halogens is 1. The third-order valence-electron chi connectivity index (χ3n) is 7.49. The molecular formula is C31H34FN5O4S. The molecule has 2 fully saturated rings. The van der Waals surface area contributed by atoms with Crippen molar-refractivity contribution in [1.82, 2.24) is 25.1 Å². The molecule has 2 aliphatic heterocycles. The summed E-state index contributed by atoms with van der Waals surface area (Å²) in [6.45, 7) is 0.763. The first-order chi connectivity index (χ1) is 20.3. The van der Waals surface area contributed by atoms with Gasteiger partial charge in [0.2, 0.25) is 11.8 Å². The second-order valence-electron chi connectivity index (χ2n) is 10.4. The summed E-state index contributed by atoms with van der Waals surface area (Å²) in [6.07, 6.45) is -0.451. The van der Waals surface area contributed by atoms with Crippen molar-refractivity contribution in [2.45, 2.75) is 30.9 Å². The number of hydrogen-bond donors (Lipinski definition) is 2. The van der Waals surface area contributed by atoms with Gasteiger partial charge in [0.15, 0.2) is 0 Å². The summed E-state index contributed by atoms with van der Waals surface area (Å²) in [5, 5.41) is 15.7. The van der Waals surface area contributed by atoms with Crippen LogP contribution in [-0.2, 0) is 28.3 Å². The van der Waals surface area contributed by atoms with E-state index in [4.69, 9.17) is 0 Å². The number of urea groups is 1. The minimum absolute atomic E-state index is 0.0627. The first-order valence-electron chi connectivity index (χ1n) is 13.8. The van der Waals surface area contributed by atoms with Gasteiger partial charge in [-0.1, -0.05) is 54.6 Å². The molecule has 11 heteroatoms. The Morgan fingerprint density at radius 2 is 1.67 bits per heavy atom. The molecule has 2 N–H and O–H groups in total. The van der Waals surface area contributed by atoms with Crippen LogP contribution in [0.2, 0.25) is 0 Å². The van der Waals surface area contributed by atoms with E-state index in [1.807, 2.05) is 18.2 Å². The van der Waals surface area contributed by atoms with Crippen LogP contribution in [0.5, 0.6) is 5.75 Å². The molecule has 9 nitrogen and oxygen atoms in total. The van der Waals surface area contributed by atoms with Crippen molar-refractivity contribution >= 4 is 29.6 Å². The summed E-state index contributed by atoms with van der Waals surface area (Å²) >= 11 is 1.72. The lowest BCUT2D eigenvalue weighted by molar-refractivity contribution is -0.186. The third kappa shape index (κ3) is 6.85. The molecule has 0 saturated carbocycles. The summed E-state index contributed by atoms with van der Waals surface area (Å²) in [6, 6.07) is 21.3. The van der Waals surface area contributed by atoms with Crippen LogP contribution in [0.15, 0.2) is 78.9 Å². The number of thioether (sulfide) groups is 1. The lowest BCUT2D eigenvalue weighted by Gasteiger charge is -2.54. The number of amides is 4. The van der Waals surface area contributed by atoms with E-state index in [2.05, 4.69) is 17.4 Å². The smallest absolute Gasteiger partial charge is 0.334 e. The highest BCUT2D eigenvalue weighted by Crippen LogP contribution is 2.28. The summed E-state index contributed by atoms with van der Waals surface area (Å²) in [7, 11) is 1.68. The molecule has 42 heavy (non-hydrogen) atoms. The standard InChI is InChI=1S/C31H34FN5O4S/c1-34-20-29(39)36-27(17-22-9-13-26(38)14-10-22)30(40)35(15-16-42-21-24-5-3-2-4-6-24)19-28(36)37(34)31(41)33-18-23-7-11-25(32)12-8-23/h2-14,27-28,38H,15-21H2,1H3,(H,33,41)/t27-,28-/m0/s1. The molecule has 0 aliphatic carbocycles. The molecule has 0 radical (unpaired) electrons. The number of benzene rings is 3. The monoisotopic (exact) mass is 591 g/mol. The van der Waals surface area contributed by atoms with Crippen molar-refractivity contribution in [3.63, 3.8) is 0 Å². The van der Waals surface area contributed by atoms with Crippen molar-refractivity contribution in [2.75, 3.05) is 32.4 Å². The van der Waals surface area contributed by atoms with E-state index in [0.29, 0.717) is 12.3 Å². The number of aromatic hydroxyl groups is 1. The van der Waals surface area contributed by atoms with Gasteiger partial charge in [-0.15, -0.1) is 0 Å².